The predicted molar refractivity (Wildman–Crippen MR) is 75.4 cm³/mol. The predicted octanol–water partition coefficient (Wildman–Crippen LogP) is 1.51. The lowest BCUT2D eigenvalue weighted by atomic mass is 10.2. The molecule has 0 fully saturated rings. The van der Waals surface area contributed by atoms with Crippen molar-refractivity contribution in [2.45, 2.75) is 12.2 Å². The lowest BCUT2D eigenvalue weighted by Gasteiger charge is -2.19. The summed E-state index contributed by atoms with van der Waals surface area (Å²) in [6.45, 7) is -0.879. The van der Waals surface area contributed by atoms with Crippen LogP contribution in [-0.4, -0.2) is 36.8 Å². The quantitative estimate of drug-likeness (QED) is 0.290. The fourth-order valence-electron chi connectivity index (χ4n) is 1.20. The highest BCUT2D eigenvalue weighted by molar-refractivity contribution is 14.1. The van der Waals surface area contributed by atoms with Gasteiger partial charge in [0.15, 0.2) is 16.7 Å². The average Bonchev–Trinajstić information content (AvgIpc) is 2.34. The second kappa shape index (κ2) is 6.83. The van der Waals surface area contributed by atoms with Gasteiger partial charge in [-0.05, 0) is 40.8 Å². The van der Waals surface area contributed by atoms with Gasteiger partial charge in [0.1, 0.15) is 11.3 Å². The van der Waals surface area contributed by atoms with Crippen LogP contribution < -0.4 is 4.74 Å². The van der Waals surface area contributed by atoms with E-state index in [1.165, 1.54) is 12.1 Å². The molecule has 0 bridgehead atoms. The van der Waals surface area contributed by atoms with E-state index in [2.05, 4.69) is 4.74 Å². The highest BCUT2D eigenvalue weighted by Crippen LogP contribution is 2.25. The lowest BCUT2D eigenvalue weighted by Crippen LogP contribution is -2.34. The SMILES string of the molecule is CC(=O)Oc1cc(I)ccc1C(=O)OCC(F)(F)S(=O)(=O)[O-]. The van der Waals surface area contributed by atoms with Crippen molar-refractivity contribution >= 4 is 44.6 Å². The molecule has 0 atom stereocenters. The Morgan fingerprint density at radius 2 is 1.95 bits per heavy atom. The van der Waals surface area contributed by atoms with Gasteiger partial charge in [0, 0.05) is 10.5 Å². The Morgan fingerprint density at radius 1 is 1.36 bits per heavy atom. The Kier molecular flexibility index (Phi) is 5.81. The summed E-state index contributed by atoms with van der Waals surface area (Å²) in [7, 11) is -5.96. The normalized spacial score (nSPS) is 11.9. The Bertz CT molecular complexity index is 702. The molecule has 0 aromatic heterocycles. The molecule has 0 unspecified atom stereocenters. The number of carbonyl (C=O) groups is 2. The second-order valence-electron chi connectivity index (χ2n) is 3.90. The first kappa shape index (κ1) is 18.7. The van der Waals surface area contributed by atoms with Crippen LogP contribution in [-0.2, 0) is 19.6 Å². The van der Waals surface area contributed by atoms with Gasteiger partial charge in [-0.15, -0.1) is 0 Å². The number of ether oxygens (including phenoxy) is 2. The van der Waals surface area contributed by atoms with Crippen LogP contribution in [0.5, 0.6) is 5.75 Å². The molecule has 11 heteroatoms. The van der Waals surface area contributed by atoms with Gasteiger partial charge in [-0.3, -0.25) is 4.79 Å². The number of carbonyl (C=O) groups excluding carboxylic acids is 2. The van der Waals surface area contributed by atoms with Gasteiger partial charge in [0.05, 0.1) is 0 Å². The largest absolute Gasteiger partial charge is 0.743 e. The number of rotatable bonds is 5. The molecule has 22 heavy (non-hydrogen) atoms. The molecule has 0 N–H and O–H groups in total. The molecule has 0 heterocycles. The third kappa shape index (κ3) is 4.84. The summed E-state index contributed by atoms with van der Waals surface area (Å²) in [6, 6.07) is 3.83. The molecule has 0 radical (unpaired) electrons. The molecule has 0 aliphatic carbocycles. The fraction of sp³-hybridized carbons (Fsp3) is 0.273. The number of hydrogen-bond acceptors (Lipinski definition) is 7. The van der Waals surface area contributed by atoms with Crippen molar-refractivity contribution in [3.63, 3.8) is 0 Å². The molecule has 7 nitrogen and oxygen atoms in total. The molecule has 0 aliphatic heterocycles. The first-order valence-electron chi connectivity index (χ1n) is 5.42. The molecule has 122 valence electrons. The summed E-state index contributed by atoms with van der Waals surface area (Å²) in [4.78, 5) is 22.6. The number of alkyl halides is 2. The summed E-state index contributed by atoms with van der Waals surface area (Å²) in [5.74, 6) is -2.36. The van der Waals surface area contributed by atoms with Crippen LogP contribution in [0.4, 0.5) is 8.78 Å². The minimum absolute atomic E-state index is 0.238. The molecule has 1 rings (SSSR count). The van der Waals surface area contributed by atoms with E-state index in [1.807, 2.05) is 22.6 Å². The van der Waals surface area contributed by atoms with Gasteiger partial charge in [-0.2, -0.15) is 8.78 Å². The minimum Gasteiger partial charge on any atom is -0.743 e. The average molecular weight is 449 g/mol. The molecule has 0 saturated carbocycles. The number of halogens is 3. The Labute approximate surface area is 137 Å². The molecule has 1 aromatic rings. The van der Waals surface area contributed by atoms with Crippen LogP contribution in [0.25, 0.3) is 0 Å². The molecule has 0 spiro atoms. The van der Waals surface area contributed by atoms with Crippen molar-refractivity contribution in [3.8, 4) is 5.75 Å². The van der Waals surface area contributed by atoms with Crippen molar-refractivity contribution < 1.29 is 40.8 Å². The van der Waals surface area contributed by atoms with E-state index >= 15 is 0 Å². The maximum absolute atomic E-state index is 12.9. The lowest BCUT2D eigenvalue weighted by molar-refractivity contribution is -0.131. The third-order valence-corrected chi connectivity index (χ3v) is 3.67. The van der Waals surface area contributed by atoms with Crippen molar-refractivity contribution in [1.82, 2.24) is 0 Å². The molecule has 1 aromatic carbocycles. The van der Waals surface area contributed by atoms with Crippen LogP contribution in [0, 0.1) is 3.57 Å². The molecular weight excluding hydrogens is 441 g/mol. The van der Waals surface area contributed by atoms with E-state index in [4.69, 9.17) is 4.74 Å². The standard InChI is InChI=1S/C11H9F2IO7S/c1-6(15)21-9-4-7(14)2-3-8(9)10(16)20-5-11(12,13)22(17,18)19/h2-4H,5H2,1H3,(H,17,18,19)/p-1. The van der Waals surface area contributed by atoms with Crippen molar-refractivity contribution in [2.75, 3.05) is 6.61 Å². The Morgan fingerprint density at radius 3 is 2.45 bits per heavy atom. The van der Waals surface area contributed by atoms with Crippen LogP contribution in [0.3, 0.4) is 0 Å². The van der Waals surface area contributed by atoms with Crippen LogP contribution in [0.1, 0.15) is 17.3 Å². The Balaban J connectivity index is 2.97. The fourth-order valence-corrected chi connectivity index (χ4v) is 1.87. The molecule has 0 amide bonds. The van der Waals surface area contributed by atoms with E-state index in [0.29, 0.717) is 3.57 Å². The van der Waals surface area contributed by atoms with E-state index in [-0.39, 0.29) is 11.3 Å². The zero-order valence-electron chi connectivity index (χ0n) is 10.8. The van der Waals surface area contributed by atoms with Gasteiger partial charge in [0.2, 0.25) is 0 Å². The number of benzene rings is 1. The molecular formula is C11H8F2IO7S-. The van der Waals surface area contributed by atoms with Crippen molar-refractivity contribution in [2.24, 2.45) is 0 Å². The first-order chi connectivity index (χ1) is 9.94. The van der Waals surface area contributed by atoms with E-state index in [1.54, 1.807) is 0 Å². The summed E-state index contributed by atoms with van der Waals surface area (Å²) in [5, 5.41) is -4.76. The van der Waals surface area contributed by atoms with Crippen molar-refractivity contribution in [3.05, 3.63) is 27.3 Å². The zero-order chi connectivity index (χ0) is 17.1. The number of hydrogen-bond donors (Lipinski definition) is 0. The van der Waals surface area contributed by atoms with Gasteiger partial charge < -0.3 is 14.0 Å². The second-order valence-corrected chi connectivity index (χ2v) is 6.65. The highest BCUT2D eigenvalue weighted by Gasteiger charge is 2.39. The van der Waals surface area contributed by atoms with Crippen LogP contribution in [0.15, 0.2) is 18.2 Å². The van der Waals surface area contributed by atoms with Crippen LogP contribution >= 0.6 is 22.6 Å². The number of esters is 2. The molecule has 0 saturated heterocycles. The van der Waals surface area contributed by atoms with E-state index in [0.717, 1.165) is 13.0 Å². The maximum atomic E-state index is 12.9. The molecule has 0 aliphatic rings. The third-order valence-electron chi connectivity index (χ3n) is 2.15. The Hall–Kier alpha value is -1.34. The first-order valence-corrected chi connectivity index (χ1v) is 7.91. The monoisotopic (exact) mass is 449 g/mol. The topological polar surface area (TPSA) is 110 Å². The van der Waals surface area contributed by atoms with Crippen molar-refractivity contribution in [1.29, 1.82) is 0 Å². The van der Waals surface area contributed by atoms with Crippen LogP contribution in [0.2, 0.25) is 0 Å². The van der Waals surface area contributed by atoms with Gasteiger partial charge in [-0.25, -0.2) is 13.2 Å². The zero-order valence-corrected chi connectivity index (χ0v) is 13.8. The van der Waals surface area contributed by atoms with E-state index in [9.17, 15) is 31.3 Å². The highest BCUT2D eigenvalue weighted by atomic mass is 127. The van der Waals surface area contributed by atoms with E-state index < -0.39 is 33.9 Å². The smallest absolute Gasteiger partial charge is 0.367 e. The van der Waals surface area contributed by atoms with Gasteiger partial charge in [0.25, 0.3) is 0 Å². The van der Waals surface area contributed by atoms with Gasteiger partial charge >= 0.3 is 17.2 Å². The minimum atomic E-state index is -5.96. The summed E-state index contributed by atoms with van der Waals surface area (Å²) in [5.41, 5.74) is -0.366. The van der Waals surface area contributed by atoms with Gasteiger partial charge in [-0.1, -0.05) is 0 Å². The summed E-state index contributed by atoms with van der Waals surface area (Å²) >= 11 is 1.85. The summed E-state index contributed by atoms with van der Waals surface area (Å²) < 4.78 is 66.1. The summed E-state index contributed by atoms with van der Waals surface area (Å²) in [6.07, 6.45) is 0. The maximum Gasteiger partial charge on any atom is 0.367 e.